The van der Waals surface area contributed by atoms with Crippen LogP contribution in [0.1, 0.15) is 51.9 Å². The van der Waals surface area contributed by atoms with Crippen LogP contribution in [0.25, 0.3) is 0 Å². The summed E-state index contributed by atoms with van der Waals surface area (Å²) in [5.41, 5.74) is 0. The fourth-order valence-corrected chi connectivity index (χ4v) is 2.98. The van der Waals surface area contributed by atoms with Crippen molar-refractivity contribution in [1.82, 2.24) is 10.6 Å². The lowest BCUT2D eigenvalue weighted by molar-refractivity contribution is -0.129. The Kier molecular flexibility index (Phi) is 4.84. The largest absolute Gasteiger partial charge is 0.354 e. The highest BCUT2D eigenvalue weighted by Crippen LogP contribution is 2.37. The molecule has 1 atom stereocenters. The van der Waals surface area contributed by atoms with Crippen molar-refractivity contribution in [3.63, 3.8) is 0 Å². The molecule has 1 aliphatic carbocycles. The van der Waals surface area contributed by atoms with Crippen molar-refractivity contribution in [2.24, 2.45) is 11.8 Å². The lowest BCUT2D eigenvalue weighted by Gasteiger charge is -2.34. The topological polar surface area (TPSA) is 41.1 Å². The Morgan fingerprint density at radius 1 is 1.41 bits per heavy atom. The number of hydrogen-bond donors (Lipinski definition) is 2. The van der Waals surface area contributed by atoms with E-state index in [1.54, 1.807) is 0 Å². The maximum absolute atomic E-state index is 11.9. The molecular formula is C14H26N2O. The Hall–Kier alpha value is -0.570. The van der Waals surface area contributed by atoms with Gasteiger partial charge in [-0.3, -0.25) is 4.79 Å². The quantitative estimate of drug-likeness (QED) is 0.744. The second-order valence-electron chi connectivity index (χ2n) is 5.72. The van der Waals surface area contributed by atoms with Crippen LogP contribution >= 0.6 is 0 Å². The van der Waals surface area contributed by atoms with E-state index in [4.69, 9.17) is 0 Å². The predicted octanol–water partition coefficient (Wildman–Crippen LogP) is 2.07. The van der Waals surface area contributed by atoms with Gasteiger partial charge < -0.3 is 10.6 Å². The molecule has 0 spiro atoms. The first-order valence-electron chi connectivity index (χ1n) is 7.30. The average molecular weight is 238 g/mol. The molecule has 0 unspecified atom stereocenters. The van der Waals surface area contributed by atoms with Crippen molar-refractivity contribution in [1.29, 1.82) is 0 Å². The average Bonchev–Trinajstić information content (AvgIpc) is 2.77. The zero-order chi connectivity index (χ0) is 12.1. The molecule has 2 rings (SSSR count). The molecule has 2 aliphatic rings. The zero-order valence-corrected chi connectivity index (χ0v) is 11.0. The molecule has 0 bridgehead atoms. The van der Waals surface area contributed by atoms with Crippen molar-refractivity contribution < 1.29 is 4.79 Å². The van der Waals surface area contributed by atoms with Gasteiger partial charge in [0, 0.05) is 18.5 Å². The molecule has 98 valence electrons. The van der Waals surface area contributed by atoms with Gasteiger partial charge in [0.25, 0.3) is 0 Å². The summed E-state index contributed by atoms with van der Waals surface area (Å²) in [7, 11) is 0. The molecule has 0 aromatic heterocycles. The van der Waals surface area contributed by atoms with Gasteiger partial charge in [-0.1, -0.05) is 26.2 Å². The molecule has 3 heteroatoms. The molecule has 1 heterocycles. The Bertz CT molecular complexity index is 243. The third kappa shape index (κ3) is 3.70. The molecule has 2 fully saturated rings. The first kappa shape index (κ1) is 12.9. The second kappa shape index (κ2) is 6.39. The number of unbranched alkanes of at least 4 members (excludes halogenated alkanes) is 1. The van der Waals surface area contributed by atoms with Crippen LogP contribution in [0, 0.1) is 11.8 Å². The molecular weight excluding hydrogens is 212 g/mol. The van der Waals surface area contributed by atoms with E-state index in [1.807, 2.05) is 0 Å². The molecule has 0 aromatic carbocycles. The SMILES string of the molecule is CCCC[C@H]1C[C@H](C(=O)NC[C@H]2CCCN2)C1. The van der Waals surface area contributed by atoms with Gasteiger partial charge in [0.15, 0.2) is 0 Å². The van der Waals surface area contributed by atoms with E-state index in [1.165, 1.54) is 32.1 Å². The molecule has 1 saturated heterocycles. The Labute approximate surface area is 105 Å². The first-order valence-corrected chi connectivity index (χ1v) is 7.30. The summed E-state index contributed by atoms with van der Waals surface area (Å²) in [6.45, 7) is 4.18. The molecule has 1 saturated carbocycles. The Morgan fingerprint density at radius 2 is 2.24 bits per heavy atom. The zero-order valence-electron chi connectivity index (χ0n) is 11.0. The van der Waals surface area contributed by atoms with E-state index in [-0.39, 0.29) is 0 Å². The van der Waals surface area contributed by atoms with Crippen LogP contribution in [-0.4, -0.2) is 25.0 Å². The smallest absolute Gasteiger partial charge is 0.223 e. The van der Waals surface area contributed by atoms with Gasteiger partial charge >= 0.3 is 0 Å². The Morgan fingerprint density at radius 3 is 2.88 bits per heavy atom. The minimum atomic E-state index is 0.298. The van der Waals surface area contributed by atoms with Gasteiger partial charge in [0.2, 0.25) is 5.91 Å². The molecule has 17 heavy (non-hydrogen) atoms. The van der Waals surface area contributed by atoms with Gasteiger partial charge in [0.05, 0.1) is 0 Å². The van der Waals surface area contributed by atoms with Gasteiger partial charge in [0.1, 0.15) is 0 Å². The van der Waals surface area contributed by atoms with Crippen LogP contribution < -0.4 is 10.6 Å². The maximum Gasteiger partial charge on any atom is 0.223 e. The molecule has 3 nitrogen and oxygen atoms in total. The van der Waals surface area contributed by atoms with E-state index in [9.17, 15) is 4.79 Å². The minimum Gasteiger partial charge on any atom is -0.354 e. The summed E-state index contributed by atoms with van der Waals surface area (Å²) in [4.78, 5) is 11.9. The van der Waals surface area contributed by atoms with Crippen molar-refractivity contribution in [2.45, 2.75) is 57.9 Å². The maximum atomic E-state index is 11.9. The van der Waals surface area contributed by atoms with E-state index in [0.29, 0.717) is 17.9 Å². The van der Waals surface area contributed by atoms with Crippen LogP contribution in [0.3, 0.4) is 0 Å². The number of nitrogens with one attached hydrogen (secondary N) is 2. The number of hydrogen-bond acceptors (Lipinski definition) is 2. The number of carbonyl (C=O) groups excluding carboxylic acids is 1. The molecule has 1 aliphatic heterocycles. The van der Waals surface area contributed by atoms with E-state index in [0.717, 1.165) is 31.8 Å². The van der Waals surface area contributed by atoms with Crippen LogP contribution in [0.4, 0.5) is 0 Å². The highest BCUT2D eigenvalue weighted by molar-refractivity contribution is 5.79. The van der Waals surface area contributed by atoms with Crippen LogP contribution in [0.15, 0.2) is 0 Å². The van der Waals surface area contributed by atoms with Crippen molar-refractivity contribution in [3.8, 4) is 0 Å². The van der Waals surface area contributed by atoms with E-state index in [2.05, 4.69) is 17.6 Å². The van der Waals surface area contributed by atoms with Crippen LogP contribution in [-0.2, 0) is 4.79 Å². The predicted molar refractivity (Wildman–Crippen MR) is 69.8 cm³/mol. The van der Waals surface area contributed by atoms with E-state index < -0.39 is 0 Å². The molecule has 2 N–H and O–H groups in total. The number of carbonyl (C=O) groups is 1. The van der Waals surface area contributed by atoms with E-state index >= 15 is 0 Å². The molecule has 1 amide bonds. The third-order valence-corrected chi connectivity index (χ3v) is 4.26. The van der Waals surface area contributed by atoms with Gasteiger partial charge in [-0.25, -0.2) is 0 Å². The normalized spacial score (nSPS) is 32.2. The third-order valence-electron chi connectivity index (χ3n) is 4.26. The molecule has 0 aromatic rings. The highest BCUT2D eigenvalue weighted by Gasteiger charge is 2.33. The second-order valence-corrected chi connectivity index (χ2v) is 5.72. The fourth-order valence-electron chi connectivity index (χ4n) is 2.98. The summed E-state index contributed by atoms with van der Waals surface area (Å²) >= 11 is 0. The Balaban J connectivity index is 1.55. The monoisotopic (exact) mass is 238 g/mol. The lowest BCUT2D eigenvalue weighted by atomic mass is 9.72. The van der Waals surface area contributed by atoms with Crippen LogP contribution in [0.2, 0.25) is 0 Å². The summed E-state index contributed by atoms with van der Waals surface area (Å²) < 4.78 is 0. The standard InChI is InChI=1S/C14H26N2O/c1-2-3-5-11-8-12(9-11)14(17)16-10-13-6-4-7-15-13/h11-13,15H,2-10H2,1H3,(H,16,17)/t11-,12-,13-/m1/s1. The summed E-state index contributed by atoms with van der Waals surface area (Å²) in [6, 6.07) is 0.523. The number of rotatable bonds is 6. The van der Waals surface area contributed by atoms with Gasteiger partial charge in [-0.2, -0.15) is 0 Å². The fraction of sp³-hybridized carbons (Fsp3) is 0.929. The lowest BCUT2D eigenvalue weighted by Crippen LogP contribution is -2.43. The summed E-state index contributed by atoms with van der Waals surface area (Å²) in [5.74, 6) is 1.44. The first-order chi connectivity index (χ1) is 8.29. The molecule has 0 radical (unpaired) electrons. The summed E-state index contributed by atoms with van der Waals surface area (Å²) in [6.07, 6.45) is 8.65. The number of amides is 1. The van der Waals surface area contributed by atoms with Crippen LogP contribution in [0.5, 0.6) is 0 Å². The highest BCUT2D eigenvalue weighted by atomic mass is 16.1. The van der Waals surface area contributed by atoms with Crippen molar-refractivity contribution in [3.05, 3.63) is 0 Å². The minimum absolute atomic E-state index is 0.298. The van der Waals surface area contributed by atoms with Gasteiger partial charge in [-0.15, -0.1) is 0 Å². The van der Waals surface area contributed by atoms with Gasteiger partial charge in [-0.05, 0) is 38.1 Å². The van der Waals surface area contributed by atoms with Crippen molar-refractivity contribution in [2.75, 3.05) is 13.1 Å². The van der Waals surface area contributed by atoms with Crippen molar-refractivity contribution >= 4 is 5.91 Å². The summed E-state index contributed by atoms with van der Waals surface area (Å²) in [5, 5.41) is 6.51.